The van der Waals surface area contributed by atoms with Crippen molar-refractivity contribution in [2.24, 2.45) is 5.41 Å². The Hall–Kier alpha value is -2.52. The van der Waals surface area contributed by atoms with Crippen molar-refractivity contribution in [3.8, 4) is 0 Å². The van der Waals surface area contributed by atoms with Crippen molar-refractivity contribution in [3.63, 3.8) is 0 Å². The van der Waals surface area contributed by atoms with Crippen LogP contribution in [-0.4, -0.2) is 48.7 Å². The van der Waals surface area contributed by atoms with E-state index in [1.54, 1.807) is 12.1 Å². The Kier molecular flexibility index (Phi) is 6.03. The third kappa shape index (κ3) is 4.20. The highest BCUT2D eigenvalue weighted by atomic mass is 32.2. The molecule has 2 aliphatic heterocycles. The molecule has 2 N–H and O–H groups in total. The summed E-state index contributed by atoms with van der Waals surface area (Å²) in [6.07, 6.45) is 11.0. The second-order valence-electron chi connectivity index (χ2n) is 11.2. The van der Waals surface area contributed by atoms with Gasteiger partial charge in [-0.05, 0) is 94.1 Å². The number of benzene rings is 1. The quantitative estimate of drug-likeness (QED) is 0.626. The van der Waals surface area contributed by atoms with Crippen molar-refractivity contribution in [2.75, 3.05) is 23.3 Å². The van der Waals surface area contributed by atoms with E-state index in [9.17, 15) is 13.2 Å². The molecule has 192 valence electrons. The van der Waals surface area contributed by atoms with Gasteiger partial charge in [0.25, 0.3) is 0 Å². The monoisotopic (exact) mass is 509 g/mol. The van der Waals surface area contributed by atoms with E-state index in [0.717, 1.165) is 87.1 Å². The fourth-order valence-electron chi connectivity index (χ4n) is 6.62. The van der Waals surface area contributed by atoms with E-state index >= 15 is 0 Å². The zero-order valence-electron chi connectivity index (χ0n) is 20.9. The minimum absolute atomic E-state index is 0.145. The van der Waals surface area contributed by atoms with Crippen LogP contribution < -0.4 is 15.5 Å². The Balaban J connectivity index is 1.20. The molecule has 1 aromatic carbocycles. The lowest BCUT2D eigenvalue weighted by Gasteiger charge is -2.49. The number of aromatic nitrogens is 2. The lowest BCUT2D eigenvalue weighted by atomic mass is 9.63. The Bertz CT molecular complexity index is 1270. The van der Waals surface area contributed by atoms with Gasteiger partial charge < -0.3 is 10.6 Å². The topological polar surface area (TPSA) is 104 Å². The normalized spacial score (nSPS) is 22.5. The van der Waals surface area contributed by atoms with Crippen molar-refractivity contribution in [3.05, 3.63) is 35.5 Å². The Morgan fingerprint density at radius 2 is 1.86 bits per heavy atom. The average molecular weight is 510 g/mol. The van der Waals surface area contributed by atoms with E-state index in [4.69, 9.17) is 4.98 Å². The number of rotatable bonds is 5. The van der Waals surface area contributed by atoms with Crippen LogP contribution in [0.2, 0.25) is 0 Å². The molecule has 9 heteroatoms. The Morgan fingerprint density at radius 1 is 1.11 bits per heavy atom. The summed E-state index contributed by atoms with van der Waals surface area (Å²) in [5.74, 6) is 1.30. The zero-order chi connectivity index (χ0) is 24.9. The van der Waals surface area contributed by atoms with E-state index in [1.807, 2.05) is 24.1 Å². The van der Waals surface area contributed by atoms with Crippen LogP contribution in [0.3, 0.4) is 0 Å². The minimum atomic E-state index is -3.35. The number of sulfone groups is 1. The molecule has 1 spiro atoms. The first kappa shape index (κ1) is 23.9. The second kappa shape index (κ2) is 9.10. The smallest absolute Gasteiger partial charge is 0.229 e. The van der Waals surface area contributed by atoms with Crippen LogP contribution in [0.4, 0.5) is 17.5 Å². The van der Waals surface area contributed by atoms with Gasteiger partial charge in [-0.25, -0.2) is 13.4 Å². The first-order chi connectivity index (χ1) is 17.3. The van der Waals surface area contributed by atoms with E-state index in [-0.39, 0.29) is 22.6 Å². The fourth-order valence-corrected chi connectivity index (χ4v) is 8.75. The van der Waals surface area contributed by atoms with E-state index in [0.29, 0.717) is 23.7 Å². The summed E-state index contributed by atoms with van der Waals surface area (Å²) >= 11 is 0. The first-order valence-electron chi connectivity index (χ1n) is 13.3. The number of piperidine rings is 1. The summed E-state index contributed by atoms with van der Waals surface area (Å²) < 4.78 is 26.6. The standard InChI is InChI=1S/C27H35N5O3S/c1-18-14-21(36(34,35)22-15-27(16-22)10-12-28-13-11-27)7-8-23(18)30-26-29-17-19-6-9-24(33)32(25(19)31-26)20-4-2-3-5-20/h7-8,14,17,20,22,28H,2-6,9-13,15-16H2,1H3,(H,29,30,31). The third-order valence-electron chi connectivity index (χ3n) is 8.83. The van der Waals surface area contributed by atoms with E-state index in [1.165, 1.54) is 0 Å². The molecular weight excluding hydrogens is 474 g/mol. The molecule has 1 saturated heterocycles. The molecule has 0 bridgehead atoms. The summed E-state index contributed by atoms with van der Waals surface area (Å²) in [7, 11) is -3.35. The van der Waals surface area contributed by atoms with Gasteiger partial charge in [0.2, 0.25) is 11.9 Å². The molecule has 2 aromatic rings. The van der Waals surface area contributed by atoms with Crippen LogP contribution in [-0.2, 0) is 21.1 Å². The molecule has 1 aromatic heterocycles. The van der Waals surface area contributed by atoms with Gasteiger partial charge in [-0.15, -0.1) is 0 Å². The number of nitrogens with one attached hydrogen (secondary N) is 2. The zero-order valence-corrected chi connectivity index (χ0v) is 21.7. The van der Waals surface area contributed by atoms with Crippen LogP contribution in [0.5, 0.6) is 0 Å². The van der Waals surface area contributed by atoms with Crippen LogP contribution in [0.15, 0.2) is 29.3 Å². The van der Waals surface area contributed by atoms with Crippen molar-refractivity contribution >= 4 is 33.2 Å². The number of carbonyl (C=O) groups excluding carboxylic acids is 1. The van der Waals surface area contributed by atoms with Gasteiger partial charge in [-0.1, -0.05) is 12.8 Å². The van der Waals surface area contributed by atoms with Crippen molar-refractivity contribution in [1.82, 2.24) is 15.3 Å². The largest absolute Gasteiger partial charge is 0.324 e. The van der Waals surface area contributed by atoms with Crippen molar-refractivity contribution in [2.45, 2.75) is 87.3 Å². The first-order valence-corrected chi connectivity index (χ1v) is 14.9. The molecule has 0 radical (unpaired) electrons. The average Bonchev–Trinajstić information content (AvgIpc) is 3.38. The predicted octanol–water partition coefficient (Wildman–Crippen LogP) is 4.06. The molecule has 2 aliphatic carbocycles. The molecule has 1 amide bonds. The second-order valence-corrected chi connectivity index (χ2v) is 13.4. The van der Waals surface area contributed by atoms with E-state index < -0.39 is 9.84 Å². The predicted molar refractivity (Wildman–Crippen MR) is 139 cm³/mol. The van der Waals surface area contributed by atoms with Gasteiger partial charge in [-0.2, -0.15) is 4.98 Å². The highest BCUT2D eigenvalue weighted by Gasteiger charge is 2.50. The summed E-state index contributed by atoms with van der Waals surface area (Å²) in [6, 6.07) is 5.49. The lowest BCUT2D eigenvalue weighted by molar-refractivity contribution is -0.119. The maximum absolute atomic E-state index is 13.3. The van der Waals surface area contributed by atoms with Crippen molar-refractivity contribution in [1.29, 1.82) is 0 Å². The highest BCUT2D eigenvalue weighted by molar-refractivity contribution is 7.92. The number of hydrogen-bond acceptors (Lipinski definition) is 7. The summed E-state index contributed by atoms with van der Waals surface area (Å²) in [6.45, 7) is 3.89. The molecule has 8 nitrogen and oxygen atoms in total. The van der Waals surface area contributed by atoms with Crippen LogP contribution in [0, 0.1) is 12.3 Å². The number of aryl methyl sites for hydroxylation is 2. The summed E-state index contributed by atoms with van der Waals surface area (Å²) in [4.78, 5) is 24.3. The van der Waals surface area contributed by atoms with Crippen LogP contribution in [0.1, 0.15) is 68.9 Å². The Labute approximate surface area is 213 Å². The van der Waals surface area contributed by atoms with Gasteiger partial charge >= 0.3 is 0 Å². The van der Waals surface area contributed by atoms with Crippen LogP contribution in [0.25, 0.3) is 0 Å². The maximum atomic E-state index is 13.3. The number of amides is 1. The molecule has 6 rings (SSSR count). The van der Waals surface area contributed by atoms with E-state index in [2.05, 4.69) is 15.6 Å². The fraction of sp³-hybridized carbons (Fsp3) is 0.593. The molecule has 3 fully saturated rings. The number of nitrogens with zero attached hydrogens (tertiary/aromatic N) is 3. The molecule has 0 atom stereocenters. The molecule has 0 unspecified atom stereocenters. The highest BCUT2D eigenvalue weighted by Crippen LogP contribution is 2.51. The van der Waals surface area contributed by atoms with Crippen LogP contribution >= 0.6 is 0 Å². The van der Waals surface area contributed by atoms with Gasteiger partial charge in [0.15, 0.2) is 9.84 Å². The van der Waals surface area contributed by atoms with Gasteiger partial charge in [0.05, 0.1) is 10.1 Å². The maximum Gasteiger partial charge on any atom is 0.229 e. The molecule has 4 aliphatic rings. The number of fused-ring (bicyclic) bond motifs is 1. The van der Waals surface area contributed by atoms with Gasteiger partial charge in [0, 0.05) is 29.9 Å². The molecule has 3 heterocycles. The third-order valence-corrected chi connectivity index (χ3v) is 11.0. The summed E-state index contributed by atoms with van der Waals surface area (Å²) in [5, 5.41) is 6.36. The van der Waals surface area contributed by atoms with Gasteiger partial charge in [0.1, 0.15) is 5.82 Å². The Morgan fingerprint density at radius 3 is 2.58 bits per heavy atom. The molecular formula is C27H35N5O3S. The number of hydrogen-bond donors (Lipinski definition) is 2. The molecule has 2 saturated carbocycles. The molecule has 36 heavy (non-hydrogen) atoms. The summed E-state index contributed by atoms with van der Waals surface area (Å²) in [5.41, 5.74) is 2.83. The SMILES string of the molecule is Cc1cc(S(=O)(=O)C2CC3(CCNCC3)C2)ccc1Nc1ncc2c(n1)N(C1CCCC1)C(=O)CC2. The number of carbonyl (C=O) groups is 1. The number of anilines is 3. The minimum Gasteiger partial charge on any atom is -0.324 e. The van der Waals surface area contributed by atoms with Crippen molar-refractivity contribution < 1.29 is 13.2 Å². The van der Waals surface area contributed by atoms with Gasteiger partial charge in [-0.3, -0.25) is 9.69 Å². The lowest BCUT2D eigenvalue weighted by Crippen LogP contribution is -2.50.